The summed E-state index contributed by atoms with van der Waals surface area (Å²) < 4.78 is 13.2. The van der Waals surface area contributed by atoms with Gasteiger partial charge in [-0.1, -0.05) is 20.8 Å². The van der Waals surface area contributed by atoms with Gasteiger partial charge in [-0.3, -0.25) is 0 Å². The van der Waals surface area contributed by atoms with E-state index < -0.39 is 6.17 Å². The Bertz CT molecular complexity index is 150. The van der Waals surface area contributed by atoms with Crippen molar-refractivity contribution in [2.45, 2.75) is 52.2 Å². The highest BCUT2D eigenvalue weighted by molar-refractivity contribution is 4.87. The van der Waals surface area contributed by atoms with Gasteiger partial charge in [-0.25, -0.2) is 4.39 Å². The molecule has 0 aliphatic heterocycles. The highest BCUT2D eigenvalue weighted by Gasteiger charge is 2.34. The molecule has 0 saturated heterocycles. The van der Waals surface area contributed by atoms with Crippen LogP contribution in [0.5, 0.6) is 0 Å². The molecular weight excluding hydrogens is 153 g/mol. The van der Waals surface area contributed by atoms with Crippen LogP contribution in [-0.4, -0.2) is 12.2 Å². The third-order valence-electron chi connectivity index (χ3n) is 3.05. The standard InChI is InChI=1S/C10H20FN/c1-10(2,3)7-4-5-9(12)8(11)6-7/h7-9H,4-6,12H2,1-3H3/t7-,8-,9-/m1/s1. The summed E-state index contributed by atoms with van der Waals surface area (Å²) in [5.74, 6) is 0.507. The van der Waals surface area contributed by atoms with Crippen LogP contribution in [0.4, 0.5) is 4.39 Å². The fraction of sp³-hybridized carbons (Fsp3) is 1.00. The molecule has 0 bridgehead atoms. The molecule has 72 valence electrons. The molecule has 1 aliphatic rings. The summed E-state index contributed by atoms with van der Waals surface area (Å²) in [5.41, 5.74) is 5.85. The number of rotatable bonds is 0. The molecule has 0 aromatic heterocycles. The Balaban J connectivity index is 2.51. The maximum Gasteiger partial charge on any atom is 0.115 e. The van der Waals surface area contributed by atoms with Gasteiger partial charge in [0.1, 0.15) is 6.17 Å². The van der Waals surface area contributed by atoms with Crippen LogP contribution < -0.4 is 5.73 Å². The van der Waals surface area contributed by atoms with E-state index in [2.05, 4.69) is 20.8 Å². The van der Waals surface area contributed by atoms with Crippen molar-refractivity contribution in [2.24, 2.45) is 17.1 Å². The fourth-order valence-electron chi connectivity index (χ4n) is 1.93. The summed E-state index contributed by atoms with van der Waals surface area (Å²) in [6, 6.07) is -0.205. The van der Waals surface area contributed by atoms with Gasteiger partial charge < -0.3 is 5.73 Å². The normalized spacial score (nSPS) is 38.2. The summed E-state index contributed by atoms with van der Waals surface area (Å²) in [5, 5.41) is 0. The van der Waals surface area contributed by atoms with E-state index in [0.29, 0.717) is 12.3 Å². The van der Waals surface area contributed by atoms with E-state index in [4.69, 9.17) is 5.73 Å². The average Bonchev–Trinajstić information content (AvgIpc) is 1.92. The molecule has 3 atom stereocenters. The van der Waals surface area contributed by atoms with Gasteiger partial charge in [-0.15, -0.1) is 0 Å². The summed E-state index contributed by atoms with van der Waals surface area (Å²) in [4.78, 5) is 0. The van der Waals surface area contributed by atoms with Gasteiger partial charge >= 0.3 is 0 Å². The van der Waals surface area contributed by atoms with Crippen LogP contribution in [0.15, 0.2) is 0 Å². The Labute approximate surface area is 74.5 Å². The zero-order valence-corrected chi connectivity index (χ0v) is 8.31. The van der Waals surface area contributed by atoms with E-state index in [0.717, 1.165) is 12.8 Å². The number of alkyl halides is 1. The molecule has 12 heavy (non-hydrogen) atoms. The Morgan fingerprint density at radius 2 is 1.83 bits per heavy atom. The van der Waals surface area contributed by atoms with Crippen LogP contribution in [0.1, 0.15) is 40.0 Å². The SMILES string of the molecule is CC(C)(C)[C@@H]1CC[C@@H](N)[C@H](F)C1. The summed E-state index contributed by atoms with van der Waals surface area (Å²) >= 11 is 0. The molecule has 1 nitrogen and oxygen atoms in total. The van der Waals surface area contributed by atoms with Gasteiger partial charge in [-0.05, 0) is 30.6 Å². The van der Waals surface area contributed by atoms with Gasteiger partial charge in [0.15, 0.2) is 0 Å². The number of nitrogens with two attached hydrogens (primary N) is 1. The Kier molecular flexibility index (Phi) is 2.77. The lowest BCUT2D eigenvalue weighted by Gasteiger charge is -2.37. The molecule has 0 amide bonds. The first-order chi connectivity index (χ1) is 5.41. The van der Waals surface area contributed by atoms with Crippen LogP contribution in [0.3, 0.4) is 0 Å². The average molecular weight is 173 g/mol. The summed E-state index contributed by atoms with van der Waals surface area (Å²) in [6.07, 6.45) is 1.82. The van der Waals surface area contributed by atoms with Crippen molar-refractivity contribution in [1.82, 2.24) is 0 Å². The quantitative estimate of drug-likeness (QED) is 0.598. The first-order valence-corrected chi connectivity index (χ1v) is 4.81. The molecule has 0 heterocycles. The van der Waals surface area contributed by atoms with E-state index in [9.17, 15) is 4.39 Å². The molecular formula is C10H20FN. The minimum absolute atomic E-state index is 0.205. The Morgan fingerprint density at radius 3 is 2.25 bits per heavy atom. The first kappa shape index (κ1) is 9.97. The summed E-state index contributed by atoms with van der Waals surface area (Å²) in [6.45, 7) is 6.55. The van der Waals surface area contributed by atoms with Crippen molar-refractivity contribution < 1.29 is 4.39 Å². The second kappa shape index (κ2) is 3.33. The van der Waals surface area contributed by atoms with Crippen LogP contribution >= 0.6 is 0 Å². The molecule has 1 aliphatic carbocycles. The van der Waals surface area contributed by atoms with Crippen molar-refractivity contribution in [3.63, 3.8) is 0 Å². The van der Waals surface area contributed by atoms with Crippen molar-refractivity contribution in [2.75, 3.05) is 0 Å². The first-order valence-electron chi connectivity index (χ1n) is 4.81. The smallest absolute Gasteiger partial charge is 0.115 e. The number of hydrogen-bond donors (Lipinski definition) is 1. The fourth-order valence-corrected chi connectivity index (χ4v) is 1.93. The third-order valence-corrected chi connectivity index (χ3v) is 3.05. The lowest BCUT2D eigenvalue weighted by atomic mass is 9.71. The predicted octanol–water partition coefficient (Wildman–Crippen LogP) is 2.50. The minimum Gasteiger partial charge on any atom is -0.325 e. The van der Waals surface area contributed by atoms with Crippen molar-refractivity contribution in [3.05, 3.63) is 0 Å². The molecule has 1 saturated carbocycles. The third kappa shape index (κ3) is 2.19. The molecule has 0 unspecified atom stereocenters. The molecule has 2 heteroatoms. The molecule has 0 aromatic rings. The van der Waals surface area contributed by atoms with Crippen molar-refractivity contribution in [3.8, 4) is 0 Å². The molecule has 0 radical (unpaired) electrons. The van der Waals surface area contributed by atoms with Crippen LogP contribution in [-0.2, 0) is 0 Å². The van der Waals surface area contributed by atoms with Gasteiger partial charge in [-0.2, -0.15) is 0 Å². The maximum absolute atomic E-state index is 13.2. The van der Waals surface area contributed by atoms with E-state index >= 15 is 0 Å². The van der Waals surface area contributed by atoms with Crippen LogP contribution in [0.2, 0.25) is 0 Å². The van der Waals surface area contributed by atoms with E-state index in [1.807, 2.05) is 0 Å². The van der Waals surface area contributed by atoms with E-state index in [-0.39, 0.29) is 11.5 Å². The molecule has 1 rings (SSSR count). The monoisotopic (exact) mass is 173 g/mol. The zero-order valence-electron chi connectivity index (χ0n) is 8.31. The minimum atomic E-state index is -0.775. The second-order valence-electron chi connectivity index (χ2n) is 5.06. The maximum atomic E-state index is 13.2. The van der Waals surface area contributed by atoms with Gasteiger partial charge in [0.2, 0.25) is 0 Å². The van der Waals surface area contributed by atoms with Gasteiger partial charge in [0.05, 0.1) is 0 Å². The number of hydrogen-bond acceptors (Lipinski definition) is 1. The van der Waals surface area contributed by atoms with Crippen LogP contribution in [0.25, 0.3) is 0 Å². The topological polar surface area (TPSA) is 26.0 Å². The van der Waals surface area contributed by atoms with Gasteiger partial charge in [0, 0.05) is 6.04 Å². The highest BCUT2D eigenvalue weighted by atomic mass is 19.1. The molecule has 0 aromatic carbocycles. The second-order valence-corrected chi connectivity index (χ2v) is 5.06. The van der Waals surface area contributed by atoms with E-state index in [1.165, 1.54) is 0 Å². The van der Waals surface area contributed by atoms with Crippen molar-refractivity contribution >= 4 is 0 Å². The number of halogens is 1. The molecule has 2 N–H and O–H groups in total. The van der Waals surface area contributed by atoms with E-state index in [1.54, 1.807) is 0 Å². The largest absolute Gasteiger partial charge is 0.325 e. The lowest BCUT2D eigenvalue weighted by molar-refractivity contribution is 0.100. The van der Waals surface area contributed by atoms with Gasteiger partial charge in [0.25, 0.3) is 0 Å². The molecule has 1 fully saturated rings. The highest BCUT2D eigenvalue weighted by Crippen LogP contribution is 2.38. The van der Waals surface area contributed by atoms with Crippen LogP contribution in [0, 0.1) is 11.3 Å². The Morgan fingerprint density at radius 1 is 1.25 bits per heavy atom. The zero-order chi connectivity index (χ0) is 9.35. The molecule has 0 spiro atoms. The van der Waals surface area contributed by atoms with Crippen molar-refractivity contribution in [1.29, 1.82) is 0 Å². The predicted molar refractivity (Wildman–Crippen MR) is 49.7 cm³/mol. The lowest BCUT2D eigenvalue weighted by Crippen LogP contribution is -2.40. The Hall–Kier alpha value is -0.110. The summed E-state index contributed by atoms with van der Waals surface area (Å²) in [7, 11) is 0.